The summed E-state index contributed by atoms with van der Waals surface area (Å²) in [6, 6.07) is 5.85. The summed E-state index contributed by atoms with van der Waals surface area (Å²) in [4.78, 5) is 1.22. The highest BCUT2D eigenvalue weighted by Crippen LogP contribution is 2.38. The number of thiophene rings is 1. The molecule has 0 fully saturated rings. The molecule has 0 aliphatic rings. The third kappa shape index (κ3) is 3.40. The number of ether oxygens (including phenoxy) is 2. The van der Waals surface area contributed by atoms with Gasteiger partial charge in [-0.2, -0.15) is 0 Å². The van der Waals surface area contributed by atoms with E-state index < -0.39 is 0 Å². The van der Waals surface area contributed by atoms with E-state index in [2.05, 4.69) is 39.6 Å². The normalized spacial score (nSPS) is 12.1. The molecule has 2 aromatic rings. The van der Waals surface area contributed by atoms with E-state index >= 15 is 0 Å². The summed E-state index contributed by atoms with van der Waals surface area (Å²) in [5, 5.41) is 6.05. The Labute approximate surface area is 136 Å². The highest BCUT2D eigenvalue weighted by molar-refractivity contribution is 9.10. The number of nitrogens with one attached hydrogen (secondary N) is 1. The number of anilines is 1. The Morgan fingerprint density at radius 2 is 1.85 bits per heavy atom. The number of hydrogen-bond donors (Lipinski definition) is 1. The Morgan fingerprint density at radius 1 is 1.20 bits per heavy atom. The van der Waals surface area contributed by atoms with Gasteiger partial charge in [-0.3, -0.25) is 0 Å². The van der Waals surface area contributed by atoms with Crippen LogP contribution in [0.1, 0.15) is 17.8 Å². The quantitative estimate of drug-likeness (QED) is 0.762. The highest BCUT2D eigenvalue weighted by atomic mass is 79.9. The lowest BCUT2D eigenvalue weighted by atomic mass is 10.2. The van der Waals surface area contributed by atoms with Crippen molar-refractivity contribution in [2.24, 2.45) is 0 Å². The van der Waals surface area contributed by atoms with E-state index in [0.29, 0.717) is 16.5 Å². The van der Waals surface area contributed by atoms with Crippen molar-refractivity contribution < 1.29 is 9.47 Å². The molecule has 6 heteroatoms. The largest absolute Gasteiger partial charge is 0.493 e. The predicted molar refractivity (Wildman–Crippen MR) is 88.6 cm³/mol. The zero-order valence-corrected chi connectivity index (χ0v) is 14.5. The van der Waals surface area contributed by atoms with Gasteiger partial charge < -0.3 is 14.8 Å². The summed E-state index contributed by atoms with van der Waals surface area (Å²) in [6.45, 7) is 2.09. The van der Waals surface area contributed by atoms with Gasteiger partial charge in [-0.15, -0.1) is 11.3 Å². The average Bonchev–Trinajstić information content (AvgIpc) is 2.87. The Morgan fingerprint density at radius 3 is 2.40 bits per heavy atom. The van der Waals surface area contributed by atoms with E-state index in [1.54, 1.807) is 31.6 Å². The topological polar surface area (TPSA) is 30.5 Å². The van der Waals surface area contributed by atoms with Crippen LogP contribution in [0.4, 0.5) is 5.69 Å². The number of methoxy groups -OCH3 is 2. The molecular weight excluding hydrogens is 362 g/mol. The Hall–Kier alpha value is -0.910. The summed E-state index contributed by atoms with van der Waals surface area (Å²) in [5.74, 6) is 1.27. The monoisotopic (exact) mass is 375 g/mol. The minimum Gasteiger partial charge on any atom is -0.493 e. The van der Waals surface area contributed by atoms with Crippen molar-refractivity contribution in [1.29, 1.82) is 0 Å². The van der Waals surface area contributed by atoms with E-state index in [4.69, 9.17) is 21.1 Å². The van der Waals surface area contributed by atoms with Crippen LogP contribution >= 0.6 is 38.9 Å². The van der Waals surface area contributed by atoms with Crippen LogP contribution in [-0.4, -0.2) is 14.2 Å². The Kier molecular flexibility index (Phi) is 5.18. The molecule has 20 heavy (non-hydrogen) atoms. The fourth-order valence-corrected chi connectivity index (χ4v) is 3.49. The van der Waals surface area contributed by atoms with Crippen LogP contribution in [0.15, 0.2) is 28.1 Å². The zero-order valence-electron chi connectivity index (χ0n) is 11.4. The SMILES string of the molecule is COc1cc(Cl)c(NC(C)c2cc(Br)cs2)cc1OC. The van der Waals surface area contributed by atoms with E-state index in [-0.39, 0.29) is 6.04 Å². The molecule has 1 atom stereocenters. The molecule has 0 amide bonds. The van der Waals surface area contributed by atoms with Gasteiger partial charge in [0.1, 0.15) is 0 Å². The maximum atomic E-state index is 6.27. The van der Waals surface area contributed by atoms with Gasteiger partial charge in [0.05, 0.1) is 31.0 Å². The van der Waals surface area contributed by atoms with Crippen LogP contribution in [0.3, 0.4) is 0 Å². The van der Waals surface area contributed by atoms with Crippen LogP contribution in [0.25, 0.3) is 0 Å². The fraction of sp³-hybridized carbons (Fsp3) is 0.286. The minimum absolute atomic E-state index is 0.155. The first-order valence-electron chi connectivity index (χ1n) is 5.97. The Balaban J connectivity index is 2.24. The molecular formula is C14H15BrClNO2S. The van der Waals surface area contributed by atoms with Crippen LogP contribution in [0, 0.1) is 0 Å². The van der Waals surface area contributed by atoms with Gasteiger partial charge in [0, 0.05) is 26.9 Å². The van der Waals surface area contributed by atoms with E-state index in [1.165, 1.54) is 4.88 Å². The van der Waals surface area contributed by atoms with E-state index in [9.17, 15) is 0 Å². The molecule has 0 saturated heterocycles. The lowest BCUT2D eigenvalue weighted by molar-refractivity contribution is 0.355. The molecule has 0 saturated carbocycles. The van der Waals surface area contributed by atoms with Crippen molar-refractivity contribution >= 4 is 44.6 Å². The third-order valence-electron chi connectivity index (χ3n) is 2.86. The number of halogens is 2. The molecule has 0 bridgehead atoms. The van der Waals surface area contributed by atoms with Crippen LogP contribution < -0.4 is 14.8 Å². The van der Waals surface area contributed by atoms with Crippen molar-refractivity contribution in [2.75, 3.05) is 19.5 Å². The molecule has 1 N–H and O–H groups in total. The smallest absolute Gasteiger partial charge is 0.162 e. The molecule has 1 aromatic carbocycles. The summed E-state index contributed by atoms with van der Waals surface area (Å²) in [6.07, 6.45) is 0. The summed E-state index contributed by atoms with van der Waals surface area (Å²) in [7, 11) is 3.20. The van der Waals surface area contributed by atoms with Crippen LogP contribution in [-0.2, 0) is 0 Å². The number of rotatable bonds is 5. The van der Waals surface area contributed by atoms with Crippen molar-refractivity contribution in [3.8, 4) is 11.5 Å². The molecule has 3 nitrogen and oxygen atoms in total. The van der Waals surface area contributed by atoms with Crippen molar-refractivity contribution in [1.82, 2.24) is 0 Å². The molecule has 2 rings (SSSR count). The number of benzene rings is 1. The van der Waals surface area contributed by atoms with Crippen LogP contribution in [0.5, 0.6) is 11.5 Å². The molecule has 0 radical (unpaired) electrons. The van der Waals surface area contributed by atoms with Gasteiger partial charge in [0.25, 0.3) is 0 Å². The summed E-state index contributed by atoms with van der Waals surface area (Å²) < 4.78 is 11.6. The van der Waals surface area contributed by atoms with E-state index in [0.717, 1.165) is 10.2 Å². The zero-order chi connectivity index (χ0) is 14.7. The molecule has 1 aromatic heterocycles. The summed E-state index contributed by atoms with van der Waals surface area (Å²) in [5.41, 5.74) is 0.821. The molecule has 0 spiro atoms. The van der Waals surface area contributed by atoms with Gasteiger partial charge >= 0.3 is 0 Å². The van der Waals surface area contributed by atoms with Crippen LogP contribution in [0.2, 0.25) is 5.02 Å². The molecule has 1 heterocycles. The third-order valence-corrected chi connectivity index (χ3v) is 5.05. The van der Waals surface area contributed by atoms with Crippen molar-refractivity contribution in [3.63, 3.8) is 0 Å². The predicted octanol–water partition coefficient (Wildman–Crippen LogP) is 5.35. The second-order valence-corrected chi connectivity index (χ2v) is 6.49. The minimum atomic E-state index is 0.155. The average molecular weight is 377 g/mol. The summed E-state index contributed by atoms with van der Waals surface area (Å²) >= 11 is 11.4. The Bertz CT molecular complexity index is 603. The first kappa shape index (κ1) is 15.5. The maximum Gasteiger partial charge on any atom is 0.162 e. The fourth-order valence-electron chi connectivity index (χ4n) is 1.82. The standard InChI is InChI=1S/C14H15BrClNO2S/c1-8(14-4-9(15)7-20-14)17-11-6-13(19-3)12(18-2)5-10(11)16/h4-8,17H,1-3H3. The highest BCUT2D eigenvalue weighted by Gasteiger charge is 2.13. The number of hydrogen-bond acceptors (Lipinski definition) is 4. The van der Waals surface area contributed by atoms with Gasteiger partial charge in [-0.1, -0.05) is 11.6 Å². The second-order valence-electron chi connectivity index (χ2n) is 4.22. The first-order chi connectivity index (χ1) is 9.55. The van der Waals surface area contributed by atoms with Gasteiger partial charge in [-0.05, 0) is 28.9 Å². The maximum absolute atomic E-state index is 6.27. The molecule has 108 valence electrons. The first-order valence-corrected chi connectivity index (χ1v) is 8.02. The lowest BCUT2D eigenvalue weighted by Crippen LogP contribution is -2.05. The second kappa shape index (κ2) is 6.70. The van der Waals surface area contributed by atoms with Gasteiger partial charge in [0.2, 0.25) is 0 Å². The van der Waals surface area contributed by atoms with E-state index in [1.807, 2.05) is 6.07 Å². The van der Waals surface area contributed by atoms with Crippen molar-refractivity contribution in [2.45, 2.75) is 13.0 Å². The molecule has 1 unspecified atom stereocenters. The van der Waals surface area contributed by atoms with Gasteiger partial charge in [-0.25, -0.2) is 0 Å². The lowest BCUT2D eigenvalue weighted by Gasteiger charge is -2.17. The van der Waals surface area contributed by atoms with Crippen molar-refractivity contribution in [3.05, 3.63) is 38.0 Å². The van der Waals surface area contributed by atoms with Gasteiger partial charge in [0.15, 0.2) is 11.5 Å². The molecule has 0 aliphatic carbocycles. The molecule has 0 aliphatic heterocycles.